The summed E-state index contributed by atoms with van der Waals surface area (Å²) in [5.41, 5.74) is 2.90. The van der Waals surface area contributed by atoms with Crippen LogP contribution in [0, 0.1) is 17.0 Å². The number of nitrogens with zero attached hydrogens (tertiary/aromatic N) is 1. The fraction of sp³-hybridized carbons (Fsp3) is 0.143. The molecule has 0 atom stereocenters. The number of benzene rings is 2. The summed E-state index contributed by atoms with van der Waals surface area (Å²) in [6.07, 6.45) is 0. The number of hydrogen-bond acceptors (Lipinski definition) is 3. The van der Waals surface area contributed by atoms with Crippen molar-refractivity contribution in [2.75, 3.05) is 5.32 Å². The number of anilines is 1. The van der Waals surface area contributed by atoms with Gasteiger partial charge in [-0.15, -0.1) is 0 Å². The molecule has 0 saturated carbocycles. The molecule has 2 aromatic carbocycles. The van der Waals surface area contributed by atoms with Gasteiger partial charge in [-0.3, -0.25) is 10.1 Å². The topological polar surface area (TPSA) is 55.2 Å². The van der Waals surface area contributed by atoms with Crippen molar-refractivity contribution in [3.05, 3.63) is 68.7 Å². The van der Waals surface area contributed by atoms with Crippen LogP contribution in [0.5, 0.6) is 0 Å². The van der Waals surface area contributed by atoms with Gasteiger partial charge in [0.05, 0.1) is 4.92 Å². The largest absolute Gasteiger partial charge is 0.381 e. The molecule has 4 nitrogen and oxygen atoms in total. The molecule has 19 heavy (non-hydrogen) atoms. The first-order valence-electron chi connectivity index (χ1n) is 5.80. The molecule has 0 radical (unpaired) electrons. The lowest BCUT2D eigenvalue weighted by atomic mass is 10.1. The van der Waals surface area contributed by atoms with Crippen LogP contribution in [-0.4, -0.2) is 4.92 Å². The monoisotopic (exact) mass is 276 g/mol. The van der Waals surface area contributed by atoms with E-state index in [0.717, 1.165) is 16.8 Å². The van der Waals surface area contributed by atoms with Gasteiger partial charge in [-0.05, 0) is 30.2 Å². The van der Waals surface area contributed by atoms with Crippen LogP contribution in [-0.2, 0) is 6.54 Å². The summed E-state index contributed by atoms with van der Waals surface area (Å²) in [6.45, 7) is 2.52. The number of para-hydroxylation sites is 1. The SMILES string of the molecule is Cc1ccccc1NCc1ccc(Cl)c([N+](=O)[O-])c1. The first-order valence-corrected chi connectivity index (χ1v) is 6.18. The summed E-state index contributed by atoms with van der Waals surface area (Å²) in [5, 5.41) is 14.2. The number of nitro benzene ring substituents is 1. The minimum atomic E-state index is -0.473. The van der Waals surface area contributed by atoms with Crippen molar-refractivity contribution in [2.45, 2.75) is 13.5 Å². The van der Waals surface area contributed by atoms with E-state index in [1.807, 2.05) is 31.2 Å². The highest BCUT2D eigenvalue weighted by molar-refractivity contribution is 6.32. The van der Waals surface area contributed by atoms with Crippen LogP contribution in [0.25, 0.3) is 0 Å². The average Bonchev–Trinajstić information content (AvgIpc) is 2.39. The number of hydrogen-bond donors (Lipinski definition) is 1. The van der Waals surface area contributed by atoms with Gasteiger partial charge in [0.25, 0.3) is 5.69 Å². The smallest absolute Gasteiger partial charge is 0.288 e. The van der Waals surface area contributed by atoms with Gasteiger partial charge in [0.2, 0.25) is 0 Å². The van der Waals surface area contributed by atoms with Crippen molar-refractivity contribution in [1.82, 2.24) is 0 Å². The molecule has 0 saturated heterocycles. The Morgan fingerprint density at radius 3 is 2.68 bits per heavy atom. The second kappa shape index (κ2) is 5.71. The minimum absolute atomic E-state index is 0.0641. The molecule has 2 rings (SSSR count). The Hall–Kier alpha value is -2.07. The van der Waals surface area contributed by atoms with Gasteiger partial charge in [0, 0.05) is 18.3 Å². The molecule has 0 aliphatic rings. The fourth-order valence-corrected chi connectivity index (χ4v) is 1.96. The number of nitro groups is 1. The summed E-state index contributed by atoms with van der Waals surface area (Å²) < 4.78 is 0. The molecular formula is C14H13ClN2O2. The maximum Gasteiger partial charge on any atom is 0.288 e. The number of nitrogens with one attached hydrogen (secondary N) is 1. The van der Waals surface area contributed by atoms with Crippen molar-refractivity contribution in [1.29, 1.82) is 0 Å². The van der Waals surface area contributed by atoms with Crippen LogP contribution >= 0.6 is 11.6 Å². The van der Waals surface area contributed by atoms with Gasteiger partial charge in [0.1, 0.15) is 5.02 Å². The van der Waals surface area contributed by atoms with Crippen LogP contribution in [0.1, 0.15) is 11.1 Å². The number of aryl methyl sites for hydroxylation is 1. The van der Waals surface area contributed by atoms with E-state index >= 15 is 0 Å². The molecule has 0 aromatic heterocycles. The van der Waals surface area contributed by atoms with E-state index in [1.165, 1.54) is 6.07 Å². The Balaban J connectivity index is 2.14. The molecule has 0 aliphatic carbocycles. The first-order chi connectivity index (χ1) is 9.08. The Kier molecular flexibility index (Phi) is 4.02. The third-order valence-corrected chi connectivity index (χ3v) is 3.15. The van der Waals surface area contributed by atoms with Gasteiger partial charge >= 0.3 is 0 Å². The van der Waals surface area contributed by atoms with E-state index in [9.17, 15) is 10.1 Å². The quantitative estimate of drug-likeness (QED) is 0.673. The summed E-state index contributed by atoms with van der Waals surface area (Å²) >= 11 is 5.77. The van der Waals surface area contributed by atoms with Crippen molar-refractivity contribution >= 4 is 23.0 Å². The van der Waals surface area contributed by atoms with E-state index in [0.29, 0.717) is 6.54 Å². The third kappa shape index (κ3) is 3.23. The molecule has 0 unspecified atom stereocenters. The lowest BCUT2D eigenvalue weighted by molar-refractivity contribution is -0.384. The Morgan fingerprint density at radius 2 is 2.00 bits per heavy atom. The molecule has 0 aliphatic heterocycles. The van der Waals surface area contributed by atoms with E-state index in [1.54, 1.807) is 12.1 Å². The zero-order valence-corrected chi connectivity index (χ0v) is 11.1. The Morgan fingerprint density at radius 1 is 1.26 bits per heavy atom. The predicted molar refractivity (Wildman–Crippen MR) is 76.6 cm³/mol. The van der Waals surface area contributed by atoms with E-state index in [-0.39, 0.29) is 10.7 Å². The second-order valence-electron chi connectivity index (χ2n) is 4.21. The molecule has 1 N–H and O–H groups in total. The summed E-state index contributed by atoms with van der Waals surface area (Å²) in [7, 11) is 0. The highest BCUT2D eigenvalue weighted by Gasteiger charge is 2.12. The van der Waals surface area contributed by atoms with Crippen molar-refractivity contribution < 1.29 is 4.92 Å². The highest BCUT2D eigenvalue weighted by Crippen LogP contribution is 2.25. The van der Waals surface area contributed by atoms with Gasteiger partial charge < -0.3 is 5.32 Å². The molecule has 0 bridgehead atoms. The standard InChI is InChI=1S/C14H13ClN2O2/c1-10-4-2-3-5-13(10)16-9-11-6-7-12(15)14(8-11)17(18)19/h2-8,16H,9H2,1H3. The zero-order chi connectivity index (χ0) is 13.8. The molecule has 0 spiro atoms. The molecule has 0 heterocycles. The molecule has 0 amide bonds. The van der Waals surface area contributed by atoms with Gasteiger partial charge in [-0.25, -0.2) is 0 Å². The maximum absolute atomic E-state index is 10.8. The van der Waals surface area contributed by atoms with Gasteiger partial charge in [-0.2, -0.15) is 0 Å². The molecule has 98 valence electrons. The van der Waals surface area contributed by atoms with Crippen molar-refractivity contribution in [2.24, 2.45) is 0 Å². The average molecular weight is 277 g/mol. The fourth-order valence-electron chi connectivity index (χ4n) is 1.78. The van der Waals surface area contributed by atoms with Crippen LogP contribution in [0.4, 0.5) is 11.4 Å². The number of halogens is 1. The molecule has 0 fully saturated rings. The summed E-state index contributed by atoms with van der Waals surface area (Å²) in [5.74, 6) is 0. The lowest BCUT2D eigenvalue weighted by Crippen LogP contribution is -2.01. The lowest BCUT2D eigenvalue weighted by Gasteiger charge is -2.09. The van der Waals surface area contributed by atoms with Crippen molar-refractivity contribution in [3.63, 3.8) is 0 Å². The second-order valence-corrected chi connectivity index (χ2v) is 4.62. The van der Waals surface area contributed by atoms with Crippen LogP contribution < -0.4 is 5.32 Å². The van der Waals surface area contributed by atoms with Crippen LogP contribution in [0.2, 0.25) is 5.02 Å². The molecule has 2 aromatic rings. The normalized spacial score (nSPS) is 10.2. The van der Waals surface area contributed by atoms with E-state index < -0.39 is 4.92 Å². The summed E-state index contributed by atoms with van der Waals surface area (Å²) in [4.78, 5) is 10.3. The summed E-state index contributed by atoms with van der Waals surface area (Å²) in [6, 6.07) is 12.7. The Labute approximate surface area is 116 Å². The van der Waals surface area contributed by atoms with Crippen LogP contribution in [0.3, 0.4) is 0 Å². The van der Waals surface area contributed by atoms with E-state index in [4.69, 9.17) is 11.6 Å². The molecule has 5 heteroatoms. The van der Waals surface area contributed by atoms with Crippen molar-refractivity contribution in [3.8, 4) is 0 Å². The predicted octanol–water partition coefficient (Wildman–Crippen LogP) is 4.17. The highest BCUT2D eigenvalue weighted by atomic mass is 35.5. The van der Waals surface area contributed by atoms with E-state index in [2.05, 4.69) is 5.32 Å². The minimum Gasteiger partial charge on any atom is -0.381 e. The van der Waals surface area contributed by atoms with Crippen LogP contribution in [0.15, 0.2) is 42.5 Å². The Bertz CT molecular complexity index is 614. The third-order valence-electron chi connectivity index (χ3n) is 2.84. The maximum atomic E-state index is 10.8. The zero-order valence-electron chi connectivity index (χ0n) is 10.4. The van der Waals surface area contributed by atoms with Gasteiger partial charge in [-0.1, -0.05) is 35.9 Å². The molecular weight excluding hydrogens is 264 g/mol. The first kappa shape index (κ1) is 13.4. The number of rotatable bonds is 4. The van der Waals surface area contributed by atoms with Gasteiger partial charge in [0.15, 0.2) is 0 Å².